The first-order valence-electron chi connectivity index (χ1n) is 3.04. The lowest BCUT2D eigenvalue weighted by Gasteiger charge is -2.08. The van der Waals surface area contributed by atoms with E-state index in [9.17, 15) is 9.59 Å². The summed E-state index contributed by atoms with van der Waals surface area (Å²) < 4.78 is 0. The van der Waals surface area contributed by atoms with Gasteiger partial charge in [0.05, 0.1) is 6.04 Å². The Morgan fingerprint density at radius 2 is 2.00 bits per heavy atom. The summed E-state index contributed by atoms with van der Waals surface area (Å²) in [6.45, 7) is 2.93. The van der Waals surface area contributed by atoms with Gasteiger partial charge in [0.25, 0.3) is 0 Å². The highest BCUT2D eigenvalue weighted by Gasteiger charge is 2.12. The minimum absolute atomic E-state index is 0.00907. The smallest absolute Gasteiger partial charge is 0.147 e. The minimum atomic E-state index is -0.331. The molecule has 0 saturated carbocycles. The van der Waals surface area contributed by atoms with Crippen LogP contribution in [0.5, 0.6) is 0 Å². The van der Waals surface area contributed by atoms with Crippen LogP contribution in [0.3, 0.4) is 0 Å². The van der Waals surface area contributed by atoms with Crippen LogP contribution in [0.4, 0.5) is 0 Å². The lowest BCUT2D eigenvalue weighted by Crippen LogP contribution is -2.30. The highest BCUT2D eigenvalue weighted by Crippen LogP contribution is 1.96. The topological polar surface area (TPSA) is 46.2 Å². The molecule has 0 rings (SSSR count). The lowest BCUT2D eigenvalue weighted by atomic mass is 10.1. The fourth-order valence-corrected chi connectivity index (χ4v) is 0.960. The van der Waals surface area contributed by atoms with E-state index in [1.165, 1.54) is 13.8 Å². The molecular formula is C6H12NO2P. The Morgan fingerprint density at radius 3 is 2.10 bits per heavy atom. The van der Waals surface area contributed by atoms with Crippen LogP contribution < -0.4 is 5.09 Å². The highest BCUT2D eigenvalue weighted by atomic mass is 31.0. The van der Waals surface area contributed by atoms with E-state index in [0.717, 1.165) is 0 Å². The van der Waals surface area contributed by atoms with Crippen LogP contribution in [0.1, 0.15) is 20.3 Å². The van der Waals surface area contributed by atoms with Gasteiger partial charge in [0.1, 0.15) is 11.6 Å². The maximum absolute atomic E-state index is 10.7. The fraction of sp³-hybridized carbons (Fsp3) is 0.667. The van der Waals surface area contributed by atoms with Crippen LogP contribution >= 0.6 is 9.39 Å². The van der Waals surface area contributed by atoms with Crippen molar-refractivity contribution >= 4 is 21.0 Å². The molecule has 0 spiro atoms. The Bertz CT molecular complexity index is 147. The Labute approximate surface area is 62.8 Å². The second-order valence-corrected chi connectivity index (χ2v) is 2.57. The first-order valence-corrected chi connectivity index (χ1v) is 3.61. The molecule has 58 valence electrons. The van der Waals surface area contributed by atoms with Gasteiger partial charge in [-0.1, -0.05) is 9.39 Å². The molecule has 2 unspecified atom stereocenters. The normalized spacial score (nSPS) is 12.7. The van der Waals surface area contributed by atoms with Crippen molar-refractivity contribution in [2.75, 3.05) is 0 Å². The van der Waals surface area contributed by atoms with Crippen molar-refractivity contribution in [2.45, 2.75) is 26.3 Å². The molecule has 0 aromatic rings. The third-order valence-electron chi connectivity index (χ3n) is 1.18. The molecule has 4 heteroatoms. The number of hydrogen-bond acceptors (Lipinski definition) is 3. The maximum atomic E-state index is 10.7. The van der Waals surface area contributed by atoms with Crippen molar-refractivity contribution in [3.8, 4) is 0 Å². The number of nitrogens with one attached hydrogen (secondary N) is 1. The SMILES string of the molecule is CC(=O)CC(NP)C(C)=O. The molecule has 1 N–H and O–H groups in total. The van der Waals surface area contributed by atoms with Gasteiger partial charge in [0.2, 0.25) is 0 Å². The number of Topliss-reactive ketones (excluding diaryl/α,β-unsaturated/α-hetero) is 2. The first kappa shape index (κ1) is 9.73. The van der Waals surface area contributed by atoms with Crippen molar-refractivity contribution in [3.05, 3.63) is 0 Å². The van der Waals surface area contributed by atoms with E-state index in [1.54, 1.807) is 0 Å². The number of hydrogen-bond donors (Lipinski definition) is 1. The molecular weight excluding hydrogens is 149 g/mol. The van der Waals surface area contributed by atoms with E-state index in [2.05, 4.69) is 14.5 Å². The molecule has 2 atom stereocenters. The van der Waals surface area contributed by atoms with Gasteiger partial charge in [-0.3, -0.25) is 14.7 Å². The van der Waals surface area contributed by atoms with Gasteiger partial charge in [0, 0.05) is 6.42 Å². The van der Waals surface area contributed by atoms with Crippen molar-refractivity contribution in [1.82, 2.24) is 5.09 Å². The Hall–Kier alpha value is -0.270. The van der Waals surface area contributed by atoms with Crippen LogP contribution in [-0.4, -0.2) is 17.6 Å². The standard InChI is InChI=1S/C6H12NO2P/c1-4(8)3-6(7-10)5(2)9/h6-7H,3,10H2,1-2H3. The zero-order valence-corrected chi connectivity index (χ0v) is 7.33. The lowest BCUT2D eigenvalue weighted by molar-refractivity contribution is -0.123. The molecule has 0 radical (unpaired) electrons. The largest absolute Gasteiger partial charge is 0.300 e. The van der Waals surface area contributed by atoms with Crippen molar-refractivity contribution < 1.29 is 9.59 Å². The summed E-state index contributed by atoms with van der Waals surface area (Å²) >= 11 is 0. The quantitative estimate of drug-likeness (QED) is 0.603. The molecule has 0 aromatic carbocycles. The van der Waals surface area contributed by atoms with E-state index >= 15 is 0 Å². The van der Waals surface area contributed by atoms with Crippen LogP contribution in [0.25, 0.3) is 0 Å². The summed E-state index contributed by atoms with van der Waals surface area (Å²) in [4.78, 5) is 21.2. The molecule has 0 amide bonds. The maximum Gasteiger partial charge on any atom is 0.147 e. The molecule has 0 saturated heterocycles. The van der Waals surface area contributed by atoms with Crippen molar-refractivity contribution in [3.63, 3.8) is 0 Å². The first-order chi connectivity index (χ1) is 4.57. The molecule has 3 nitrogen and oxygen atoms in total. The Balaban J connectivity index is 3.83. The Morgan fingerprint density at radius 1 is 1.50 bits per heavy atom. The third kappa shape index (κ3) is 3.70. The van der Waals surface area contributed by atoms with Crippen LogP contribution in [-0.2, 0) is 9.59 Å². The van der Waals surface area contributed by atoms with E-state index in [1.807, 2.05) is 0 Å². The third-order valence-corrected chi connectivity index (χ3v) is 1.59. The van der Waals surface area contributed by atoms with Crippen LogP contribution in [0.15, 0.2) is 0 Å². The van der Waals surface area contributed by atoms with Crippen LogP contribution in [0, 0.1) is 0 Å². The van der Waals surface area contributed by atoms with E-state index < -0.39 is 0 Å². The molecule has 0 aromatic heterocycles. The van der Waals surface area contributed by atoms with Gasteiger partial charge in [-0.25, -0.2) is 0 Å². The predicted octanol–water partition coefficient (Wildman–Crippen LogP) is 0.303. The summed E-state index contributed by atoms with van der Waals surface area (Å²) in [5.74, 6) is 0.0142. The van der Waals surface area contributed by atoms with Gasteiger partial charge in [-0.2, -0.15) is 0 Å². The van der Waals surface area contributed by atoms with E-state index in [-0.39, 0.29) is 24.0 Å². The van der Waals surface area contributed by atoms with Crippen LogP contribution in [0.2, 0.25) is 0 Å². The Kier molecular flexibility index (Phi) is 4.41. The summed E-state index contributed by atoms with van der Waals surface area (Å²) in [7, 11) is 2.23. The highest BCUT2D eigenvalue weighted by molar-refractivity contribution is 7.13. The summed E-state index contributed by atoms with van der Waals surface area (Å²) in [5.41, 5.74) is 0. The van der Waals surface area contributed by atoms with Gasteiger partial charge in [0.15, 0.2) is 0 Å². The van der Waals surface area contributed by atoms with Crippen molar-refractivity contribution in [2.24, 2.45) is 0 Å². The number of ketones is 2. The monoisotopic (exact) mass is 161 g/mol. The second-order valence-electron chi connectivity index (χ2n) is 2.24. The minimum Gasteiger partial charge on any atom is -0.300 e. The van der Waals surface area contributed by atoms with Gasteiger partial charge in [-0.05, 0) is 13.8 Å². The zero-order valence-electron chi connectivity index (χ0n) is 6.18. The number of carbonyl (C=O) groups is 2. The predicted molar refractivity (Wildman–Crippen MR) is 42.6 cm³/mol. The number of carbonyl (C=O) groups excluding carboxylic acids is 2. The molecule has 0 bridgehead atoms. The molecule has 10 heavy (non-hydrogen) atoms. The second kappa shape index (κ2) is 4.53. The molecule has 0 fully saturated rings. The molecule has 0 aliphatic rings. The molecule has 0 heterocycles. The average Bonchev–Trinajstić information content (AvgIpc) is 1.81. The number of rotatable bonds is 4. The summed E-state index contributed by atoms with van der Waals surface area (Å²) in [5, 5.41) is 2.68. The van der Waals surface area contributed by atoms with Crippen molar-refractivity contribution in [1.29, 1.82) is 0 Å². The molecule has 0 aliphatic carbocycles. The zero-order chi connectivity index (χ0) is 8.15. The summed E-state index contributed by atoms with van der Waals surface area (Å²) in [6.07, 6.45) is 0.277. The fourth-order valence-electron chi connectivity index (χ4n) is 0.607. The average molecular weight is 161 g/mol. The summed E-state index contributed by atoms with van der Waals surface area (Å²) in [6, 6.07) is -0.331. The van der Waals surface area contributed by atoms with E-state index in [0.29, 0.717) is 0 Å². The van der Waals surface area contributed by atoms with E-state index in [4.69, 9.17) is 0 Å². The van der Waals surface area contributed by atoms with Gasteiger partial charge in [-0.15, -0.1) is 0 Å². The molecule has 0 aliphatic heterocycles. The van der Waals surface area contributed by atoms with Gasteiger partial charge < -0.3 is 0 Å². The van der Waals surface area contributed by atoms with Gasteiger partial charge >= 0.3 is 0 Å².